The zero-order chi connectivity index (χ0) is 22.4. The number of aliphatic hydroxyl groups excluding tert-OH is 1. The van der Waals surface area contributed by atoms with Crippen LogP contribution in [0.5, 0.6) is 5.75 Å². The van der Waals surface area contributed by atoms with E-state index in [2.05, 4.69) is 20.5 Å². The number of ether oxygens (including phenoxy) is 1. The minimum absolute atomic E-state index is 0.0266. The number of nitrogens with one attached hydrogen (secondary N) is 2. The number of halogens is 3. The first kappa shape index (κ1) is 23.3. The van der Waals surface area contributed by atoms with Crippen LogP contribution in [0.2, 0.25) is 10.0 Å². The Morgan fingerprint density at radius 1 is 1.23 bits per heavy atom. The van der Waals surface area contributed by atoms with E-state index in [1.54, 1.807) is 31.6 Å². The van der Waals surface area contributed by atoms with Gasteiger partial charge in [-0.2, -0.15) is 5.10 Å². The number of H-pyrrole nitrogens is 1. The molecule has 0 saturated carbocycles. The minimum Gasteiger partial charge on any atom is -0.482 e. The quantitative estimate of drug-likeness (QED) is 0.424. The third-order valence-electron chi connectivity index (χ3n) is 4.81. The molecule has 0 spiro atoms. The van der Waals surface area contributed by atoms with Crippen molar-refractivity contribution in [2.75, 3.05) is 18.8 Å². The number of hydrogen-bond donors (Lipinski definition) is 4. The van der Waals surface area contributed by atoms with E-state index >= 15 is 0 Å². The van der Waals surface area contributed by atoms with E-state index in [4.69, 9.17) is 38.8 Å². The molecule has 5 N–H and O–H groups in total. The van der Waals surface area contributed by atoms with Crippen molar-refractivity contribution in [1.82, 2.24) is 20.5 Å². The normalized spacial score (nSPS) is 15.1. The molecule has 1 fully saturated rings. The highest BCUT2D eigenvalue weighted by Gasteiger charge is 2.20. The smallest absolute Gasteiger partial charge is 0.166 e. The number of aliphatic hydroxyl groups is 1. The molecule has 0 radical (unpaired) electrons. The summed E-state index contributed by atoms with van der Waals surface area (Å²) in [6, 6.07) is 4.36. The summed E-state index contributed by atoms with van der Waals surface area (Å²) in [5, 5.41) is 18.9. The van der Waals surface area contributed by atoms with E-state index in [1.807, 2.05) is 0 Å². The molecular weight excluding hydrogens is 444 g/mol. The van der Waals surface area contributed by atoms with E-state index in [0.29, 0.717) is 16.3 Å². The van der Waals surface area contributed by atoms with Gasteiger partial charge in [-0.25, -0.2) is 9.37 Å². The number of nitrogens with zero attached hydrogens (tertiary/aromatic N) is 2. The van der Waals surface area contributed by atoms with E-state index in [9.17, 15) is 4.39 Å². The van der Waals surface area contributed by atoms with Crippen LogP contribution in [-0.4, -0.2) is 39.5 Å². The number of hydrogen-bond acceptors (Lipinski definition) is 6. The maximum absolute atomic E-state index is 13.7. The van der Waals surface area contributed by atoms with Gasteiger partial charge in [0.2, 0.25) is 0 Å². The SMILES string of the molecule is CC(Oc1cc(-c2cn[nH]c2)cnc1N)c1c(Cl)ccc(F)c1Cl.OC1CCNCC1. The molecule has 1 aliphatic heterocycles. The van der Waals surface area contributed by atoms with Crippen molar-refractivity contribution in [2.24, 2.45) is 0 Å². The van der Waals surface area contributed by atoms with Crippen LogP contribution in [0.1, 0.15) is 31.4 Å². The number of nitrogens with two attached hydrogens (primary N) is 1. The molecule has 2 aromatic heterocycles. The number of benzene rings is 1. The Hall–Kier alpha value is -2.39. The fourth-order valence-electron chi connectivity index (χ4n) is 3.09. The summed E-state index contributed by atoms with van der Waals surface area (Å²) < 4.78 is 19.5. The van der Waals surface area contributed by atoms with Crippen LogP contribution in [0, 0.1) is 5.82 Å². The van der Waals surface area contributed by atoms with Crippen molar-refractivity contribution >= 4 is 29.0 Å². The highest BCUT2D eigenvalue weighted by molar-refractivity contribution is 6.36. The molecule has 1 aliphatic rings. The van der Waals surface area contributed by atoms with Gasteiger partial charge < -0.3 is 20.9 Å². The average Bonchev–Trinajstić information content (AvgIpc) is 3.29. The molecule has 3 aromatic rings. The number of aromatic nitrogens is 3. The molecule has 31 heavy (non-hydrogen) atoms. The van der Waals surface area contributed by atoms with Crippen LogP contribution in [-0.2, 0) is 0 Å². The molecule has 1 saturated heterocycles. The van der Waals surface area contributed by atoms with Crippen LogP contribution in [0.4, 0.5) is 10.2 Å². The number of anilines is 1. The van der Waals surface area contributed by atoms with Gasteiger partial charge in [-0.05, 0) is 51.1 Å². The van der Waals surface area contributed by atoms with Crippen molar-refractivity contribution in [1.29, 1.82) is 0 Å². The molecule has 1 aromatic carbocycles. The summed E-state index contributed by atoms with van der Waals surface area (Å²) in [5.74, 6) is -0.0138. The molecule has 7 nitrogen and oxygen atoms in total. The largest absolute Gasteiger partial charge is 0.482 e. The van der Waals surface area contributed by atoms with Gasteiger partial charge in [0, 0.05) is 34.1 Å². The van der Waals surface area contributed by atoms with E-state index < -0.39 is 11.9 Å². The van der Waals surface area contributed by atoms with Gasteiger partial charge in [-0.1, -0.05) is 23.2 Å². The molecule has 4 rings (SSSR count). The van der Waals surface area contributed by atoms with Gasteiger partial charge in [0.05, 0.1) is 17.3 Å². The monoisotopic (exact) mass is 467 g/mol. The molecule has 10 heteroatoms. The van der Waals surface area contributed by atoms with Gasteiger partial charge >= 0.3 is 0 Å². The van der Waals surface area contributed by atoms with Crippen molar-refractivity contribution in [3.63, 3.8) is 0 Å². The van der Waals surface area contributed by atoms with Crippen molar-refractivity contribution in [3.8, 4) is 16.9 Å². The Balaban J connectivity index is 0.000000330. The first-order valence-electron chi connectivity index (χ1n) is 9.80. The second-order valence-corrected chi connectivity index (χ2v) is 7.88. The zero-order valence-corrected chi connectivity index (χ0v) is 18.4. The lowest BCUT2D eigenvalue weighted by Crippen LogP contribution is -2.30. The summed E-state index contributed by atoms with van der Waals surface area (Å²) in [4.78, 5) is 4.12. The molecule has 3 heterocycles. The molecular formula is C21H24Cl2FN5O2. The molecule has 166 valence electrons. The Labute approximate surface area is 189 Å². The van der Waals surface area contributed by atoms with Crippen LogP contribution in [0.15, 0.2) is 36.8 Å². The van der Waals surface area contributed by atoms with Crippen molar-refractivity contribution in [2.45, 2.75) is 32.0 Å². The third kappa shape index (κ3) is 6.07. The number of aromatic amines is 1. The molecule has 0 bridgehead atoms. The maximum Gasteiger partial charge on any atom is 0.166 e. The van der Waals surface area contributed by atoms with Crippen LogP contribution < -0.4 is 15.8 Å². The summed E-state index contributed by atoms with van der Waals surface area (Å²) >= 11 is 12.1. The van der Waals surface area contributed by atoms with E-state index in [-0.39, 0.29) is 16.9 Å². The average molecular weight is 468 g/mol. The fourth-order valence-corrected chi connectivity index (χ4v) is 3.77. The molecule has 0 aliphatic carbocycles. The maximum atomic E-state index is 13.7. The van der Waals surface area contributed by atoms with Gasteiger partial charge in [-0.15, -0.1) is 0 Å². The van der Waals surface area contributed by atoms with Gasteiger partial charge in [0.15, 0.2) is 11.6 Å². The van der Waals surface area contributed by atoms with E-state index in [0.717, 1.165) is 37.1 Å². The first-order valence-corrected chi connectivity index (χ1v) is 10.6. The highest BCUT2D eigenvalue weighted by Crippen LogP contribution is 2.36. The van der Waals surface area contributed by atoms with E-state index in [1.165, 1.54) is 12.1 Å². The Morgan fingerprint density at radius 2 is 1.97 bits per heavy atom. The Morgan fingerprint density at radius 3 is 2.58 bits per heavy atom. The van der Waals surface area contributed by atoms with Crippen LogP contribution in [0.3, 0.4) is 0 Å². The first-order chi connectivity index (χ1) is 14.9. The number of rotatable bonds is 4. The third-order valence-corrected chi connectivity index (χ3v) is 5.53. The van der Waals surface area contributed by atoms with Crippen LogP contribution >= 0.6 is 23.2 Å². The van der Waals surface area contributed by atoms with Crippen molar-refractivity contribution < 1.29 is 14.2 Å². The summed E-state index contributed by atoms with van der Waals surface area (Å²) in [7, 11) is 0. The van der Waals surface area contributed by atoms with Crippen molar-refractivity contribution in [3.05, 3.63) is 58.2 Å². The van der Waals surface area contributed by atoms with Gasteiger partial charge in [0.25, 0.3) is 0 Å². The topological polar surface area (TPSA) is 109 Å². The molecule has 0 amide bonds. The number of piperidine rings is 1. The second kappa shape index (κ2) is 10.8. The predicted molar refractivity (Wildman–Crippen MR) is 120 cm³/mol. The lowest BCUT2D eigenvalue weighted by Gasteiger charge is -2.19. The lowest BCUT2D eigenvalue weighted by atomic mass is 10.1. The summed E-state index contributed by atoms with van der Waals surface area (Å²) in [5.41, 5.74) is 7.84. The van der Waals surface area contributed by atoms with Gasteiger partial charge in [-0.3, -0.25) is 5.10 Å². The lowest BCUT2D eigenvalue weighted by molar-refractivity contribution is 0.137. The highest BCUT2D eigenvalue weighted by atomic mass is 35.5. The Kier molecular flexibility index (Phi) is 8.09. The number of pyridine rings is 1. The Bertz CT molecular complexity index is 998. The number of nitrogen functional groups attached to an aromatic ring is 1. The predicted octanol–water partition coefficient (Wildman–Crippen LogP) is 4.37. The summed E-state index contributed by atoms with van der Waals surface area (Å²) in [6.45, 7) is 3.68. The summed E-state index contributed by atoms with van der Waals surface area (Å²) in [6.07, 6.45) is 6.20. The minimum atomic E-state index is -0.621. The second-order valence-electron chi connectivity index (χ2n) is 7.09. The van der Waals surface area contributed by atoms with Crippen LogP contribution in [0.25, 0.3) is 11.1 Å². The zero-order valence-electron chi connectivity index (χ0n) is 16.9. The van der Waals surface area contributed by atoms with Gasteiger partial charge in [0.1, 0.15) is 11.9 Å². The molecule has 1 atom stereocenters. The fraction of sp³-hybridized carbons (Fsp3) is 0.333. The standard InChI is InChI=1S/C16H13Cl2FN4O.C5H11NO/c1-8(14-11(17)2-3-12(19)15(14)18)24-13-4-9(5-21-16(13)20)10-6-22-23-7-10;7-5-1-3-6-4-2-5/h2-8H,1H3,(H2,20,21)(H,22,23);5-7H,1-4H2. The molecule has 1 unspecified atom stereocenters.